The van der Waals surface area contributed by atoms with Crippen LogP contribution < -0.4 is 10.5 Å². The lowest BCUT2D eigenvalue weighted by molar-refractivity contribution is 0.102. The molecule has 0 fully saturated rings. The van der Waals surface area contributed by atoms with Gasteiger partial charge in [0.1, 0.15) is 12.4 Å². The summed E-state index contributed by atoms with van der Waals surface area (Å²) in [6.07, 6.45) is -0.285. The van der Waals surface area contributed by atoms with Gasteiger partial charge in [-0.3, -0.25) is 0 Å². The third kappa shape index (κ3) is 3.81. The number of nitrogens with two attached hydrogens (primary N) is 1. The fourth-order valence-electron chi connectivity index (χ4n) is 1.03. The molecule has 0 radical (unpaired) electrons. The standard InChI is InChI=1S/C10H13F2NO2/c11-9-2-1-8(5-10(9)12)15-6-7(14)3-4-13/h1-2,5,7,14H,3-4,6,13H2. The Morgan fingerprint density at radius 3 is 2.67 bits per heavy atom. The second-order valence-electron chi connectivity index (χ2n) is 3.12. The van der Waals surface area contributed by atoms with Crippen LogP contribution in [-0.2, 0) is 0 Å². The van der Waals surface area contributed by atoms with Crippen LogP contribution in [0.4, 0.5) is 8.78 Å². The first-order chi connectivity index (χ1) is 7.13. The van der Waals surface area contributed by atoms with Gasteiger partial charge in [0.15, 0.2) is 11.6 Å². The summed E-state index contributed by atoms with van der Waals surface area (Å²) in [4.78, 5) is 0. The highest BCUT2D eigenvalue weighted by molar-refractivity contribution is 5.23. The first-order valence-corrected chi connectivity index (χ1v) is 4.59. The van der Waals surface area contributed by atoms with E-state index in [2.05, 4.69) is 0 Å². The molecule has 15 heavy (non-hydrogen) atoms. The lowest BCUT2D eigenvalue weighted by Gasteiger charge is -2.11. The molecule has 0 aromatic heterocycles. The summed E-state index contributed by atoms with van der Waals surface area (Å²) < 4.78 is 30.3. The molecule has 1 aromatic rings. The Morgan fingerprint density at radius 1 is 1.33 bits per heavy atom. The summed E-state index contributed by atoms with van der Waals surface area (Å²) in [6.45, 7) is 0.366. The molecule has 0 aliphatic rings. The van der Waals surface area contributed by atoms with Gasteiger partial charge in [0.25, 0.3) is 0 Å². The van der Waals surface area contributed by atoms with E-state index in [1.807, 2.05) is 0 Å². The maximum Gasteiger partial charge on any atom is 0.162 e. The zero-order valence-electron chi connectivity index (χ0n) is 8.12. The quantitative estimate of drug-likeness (QED) is 0.775. The molecule has 5 heteroatoms. The predicted octanol–water partition coefficient (Wildman–Crippen LogP) is 1.05. The highest BCUT2D eigenvalue weighted by Crippen LogP contribution is 2.15. The molecule has 3 N–H and O–H groups in total. The van der Waals surface area contributed by atoms with E-state index in [1.54, 1.807) is 0 Å². The van der Waals surface area contributed by atoms with E-state index in [-0.39, 0.29) is 12.4 Å². The molecule has 0 spiro atoms. The summed E-state index contributed by atoms with van der Waals surface area (Å²) in [5.74, 6) is -1.71. The molecule has 0 heterocycles. The van der Waals surface area contributed by atoms with Crippen LogP contribution in [0.3, 0.4) is 0 Å². The average molecular weight is 217 g/mol. The minimum atomic E-state index is -0.971. The van der Waals surface area contributed by atoms with E-state index in [0.29, 0.717) is 13.0 Å². The Bertz CT molecular complexity index is 320. The number of hydrogen-bond acceptors (Lipinski definition) is 3. The molecule has 0 amide bonds. The predicted molar refractivity (Wildman–Crippen MR) is 51.5 cm³/mol. The summed E-state index contributed by atoms with van der Waals surface area (Å²) >= 11 is 0. The maximum absolute atomic E-state index is 12.7. The largest absolute Gasteiger partial charge is 0.491 e. The third-order valence-electron chi connectivity index (χ3n) is 1.83. The molecule has 1 atom stereocenters. The van der Waals surface area contributed by atoms with E-state index in [0.717, 1.165) is 12.1 Å². The fraction of sp³-hybridized carbons (Fsp3) is 0.400. The number of ether oxygens (including phenoxy) is 1. The molecule has 1 unspecified atom stereocenters. The van der Waals surface area contributed by atoms with Gasteiger partial charge in [-0.15, -0.1) is 0 Å². The summed E-state index contributed by atoms with van der Waals surface area (Å²) in [6, 6.07) is 3.21. The number of rotatable bonds is 5. The molecular weight excluding hydrogens is 204 g/mol. The van der Waals surface area contributed by atoms with Crippen molar-refractivity contribution >= 4 is 0 Å². The van der Waals surface area contributed by atoms with E-state index in [1.165, 1.54) is 6.07 Å². The fourth-order valence-corrected chi connectivity index (χ4v) is 1.03. The van der Waals surface area contributed by atoms with Crippen molar-refractivity contribution in [2.75, 3.05) is 13.2 Å². The number of aliphatic hydroxyl groups excluding tert-OH is 1. The number of halogens is 2. The van der Waals surface area contributed by atoms with Crippen molar-refractivity contribution < 1.29 is 18.6 Å². The minimum absolute atomic E-state index is 0.0161. The normalized spacial score (nSPS) is 12.5. The molecule has 0 saturated heterocycles. The van der Waals surface area contributed by atoms with Crippen LogP contribution in [0.5, 0.6) is 5.75 Å². The van der Waals surface area contributed by atoms with Gasteiger partial charge in [-0.05, 0) is 25.1 Å². The molecule has 84 valence electrons. The average Bonchev–Trinajstić information content (AvgIpc) is 2.20. The van der Waals surface area contributed by atoms with E-state index in [9.17, 15) is 13.9 Å². The Kier molecular flexibility index (Phi) is 4.45. The van der Waals surface area contributed by atoms with Crippen LogP contribution in [0, 0.1) is 11.6 Å². The summed E-state index contributed by atoms with van der Waals surface area (Å²) in [5.41, 5.74) is 5.22. The van der Waals surface area contributed by atoms with Gasteiger partial charge < -0.3 is 15.6 Å². The Hall–Kier alpha value is -1.20. The van der Waals surface area contributed by atoms with Crippen LogP contribution >= 0.6 is 0 Å². The van der Waals surface area contributed by atoms with Crippen LogP contribution in [0.25, 0.3) is 0 Å². The van der Waals surface area contributed by atoms with Crippen molar-refractivity contribution in [3.63, 3.8) is 0 Å². The maximum atomic E-state index is 12.7. The lowest BCUT2D eigenvalue weighted by atomic mass is 10.2. The monoisotopic (exact) mass is 217 g/mol. The first-order valence-electron chi connectivity index (χ1n) is 4.59. The first kappa shape index (κ1) is 11.9. The Morgan fingerprint density at radius 2 is 2.07 bits per heavy atom. The van der Waals surface area contributed by atoms with Crippen molar-refractivity contribution in [2.24, 2.45) is 5.73 Å². The highest BCUT2D eigenvalue weighted by atomic mass is 19.2. The molecule has 0 aliphatic heterocycles. The second kappa shape index (κ2) is 5.63. The van der Waals surface area contributed by atoms with Crippen molar-refractivity contribution in [3.05, 3.63) is 29.8 Å². The number of aliphatic hydroxyl groups is 1. The molecule has 1 rings (SSSR count). The van der Waals surface area contributed by atoms with Gasteiger partial charge in [-0.1, -0.05) is 0 Å². The number of benzene rings is 1. The lowest BCUT2D eigenvalue weighted by Crippen LogP contribution is -2.21. The second-order valence-corrected chi connectivity index (χ2v) is 3.12. The third-order valence-corrected chi connectivity index (χ3v) is 1.83. The van der Waals surface area contributed by atoms with E-state index >= 15 is 0 Å². The van der Waals surface area contributed by atoms with E-state index < -0.39 is 17.7 Å². The van der Waals surface area contributed by atoms with Crippen molar-refractivity contribution in [1.82, 2.24) is 0 Å². The SMILES string of the molecule is NCCC(O)COc1ccc(F)c(F)c1. The summed E-state index contributed by atoms with van der Waals surface area (Å²) in [7, 11) is 0. The van der Waals surface area contributed by atoms with Gasteiger partial charge in [0, 0.05) is 6.07 Å². The Labute approximate surface area is 86.5 Å². The van der Waals surface area contributed by atoms with Gasteiger partial charge in [0.05, 0.1) is 6.10 Å². The minimum Gasteiger partial charge on any atom is -0.491 e. The molecule has 0 aliphatic carbocycles. The van der Waals surface area contributed by atoms with Gasteiger partial charge in [-0.2, -0.15) is 0 Å². The highest BCUT2D eigenvalue weighted by Gasteiger charge is 2.06. The molecule has 3 nitrogen and oxygen atoms in total. The van der Waals surface area contributed by atoms with Crippen LogP contribution in [0.1, 0.15) is 6.42 Å². The van der Waals surface area contributed by atoms with Gasteiger partial charge in [0.2, 0.25) is 0 Å². The van der Waals surface area contributed by atoms with Gasteiger partial charge >= 0.3 is 0 Å². The van der Waals surface area contributed by atoms with Crippen LogP contribution in [-0.4, -0.2) is 24.4 Å². The van der Waals surface area contributed by atoms with E-state index in [4.69, 9.17) is 10.5 Å². The van der Waals surface area contributed by atoms with Crippen molar-refractivity contribution in [1.29, 1.82) is 0 Å². The van der Waals surface area contributed by atoms with Crippen molar-refractivity contribution in [2.45, 2.75) is 12.5 Å². The molecule has 1 aromatic carbocycles. The smallest absolute Gasteiger partial charge is 0.162 e. The van der Waals surface area contributed by atoms with Gasteiger partial charge in [-0.25, -0.2) is 8.78 Å². The Balaban J connectivity index is 2.47. The molecule has 0 bridgehead atoms. The zero-order valence-corrected chi connectivity index (χ0v) is 8.12. The molecular formula is C10H13F2NO2. The van der Waals surface area contributed by atoms with Crippen LogP contribution in [0.2, 0.25) is 0 Å². The molecule has 0 saturated carbocycles. The topological polar surface area (TPSA) is 55.5 Å². The zero-order chi connectivity index (χ0) is 11.3. The number of hydrogen-bond donors (Lipinski definition) is 2. The summed E-state index contributed by atoms with van der Waals surface area (Å²) in [5, 5.41) is 9.26. The van der Waals surface area contributed by atoms with Crippen LogP contribution in [0.15, 0.2) is 18.2 Å². The van der Waals surface area contributed by atoms with Crippen molar-refractivity contribution in [3.8, 4) is 5.75 Å².